The first-order valence-electron chi connectivity index (χ1n) is 6.88. The van der Waals surface area contributed by atoms with Crippen molar-refractivity contribution in [2.75, 3.05) is 13.1 Å². The van der Waals surface area contributed by atoms with Crippen molar-refractivity contribution in [3.8, 4) is 0 Å². The predicted octanol–water partition coefficient (Wildman–Crippen LogP) is 3.22. The number of hydrogen-bond donors (Lipinski definition) is 1. The number of benzene rings is 1. The van der Waals surface area contributed by atoms with Crippen LogP contribution >= 0.6 is 0 Å². The van der Waals surface area contributed by atoms with E-state index in [2.05, 4.69) is 4.90 Å². The maximum absolute atomic E-state index is 13.3. The SMILES string of the molecule is O=C(O)CCCCN1CCC[C@H]1c1cccc(F)c1. The average Bonchev–Trinajstić information content (AvgIpc) is 2.83. The van der Waals surface area contributed by atoms with Gasteiger partial charge in [-0.05, 0) is 56.5 Å². The Morgan fingerprint density at radius 1 is 1.42 bits per heavy atom. The van der Waals surface area contributed by atoms with Crippen LogP contribution in [-0.2, 0) is 4.79 Å². The van der Waals surface area contributed by atoms with E-state index in [4.69, 9.17) is 5.11 Å². The zero-order chi connectivity index (χ0) is 13.7. The Balaban J connectivity index is 1.88. The maximum Gasteiger partial charge on any atom is 0.303 e. The number of aliphatic carboxylic acids is 1. The second-order valence-electron chi connectivity index (χ2n) is 5.10. The minimum atomic E-state index is -0.733. The van der Waals surface area contributed by atoms with Crippen LogP contribution in [0.5, 0.6) is 0 Å². The van der Waals surface area contributed by atoms with Gasteiger partial charge < -0.3 is 5.11 Å². The van der Waals surface area contributed by atoms with Crippen molar-refractivity contribution in [3.05, 3.63) is 35.6 Å². The van der Waals surface area contributed by atoms with Crippen molar-refractivity contribution >= 4 is 5.97 Å². The molecule has 0 aliphatic carbocycles. The van der Waals surface area contributed by atoms with E-state index in [1.165, 1.54) is 6.07 Å². The second kappa shape index (κ2) is 6.66. The minimum absolute atomic E-state index is 0.185. The first kappa shape index (κ1) is 14.0. The number of rotatable bonds is 6. The molecule has 0 amide bonds. The lowest BCUT2D eigenvalue weighted by Gasteiger charge is -2.24. The van der Waals surface area contributed by atoms with Gasteiger partial charge in [-0.1, -0.05) is 12.1 Å². The Labute approximate surface area is 113 Å². The molecular weight excluding hydrogens is 245 g/mol. The normalized spacial score (nSPS) is 19.7. The quantitative estimate of drug-likeness (QED) is 0.803. The molecule has 19 heavy (non-hydrogen) atoms. The summed E-state index contributed by atoms with van der Waals surface area (Å²) in [5, 5.41) is 8.61. The highest BCUT2D eigenvalue weighted by molar-refractivity contribution is 5.66. The molecule has 0 spiro atoms. The molecule has 0 bridgehead atoms. The molecule has 4 heteroatoms. The fourth-order valence-corrected chi connectivity index (χ4v) is 2.78. The Morgan fingerprint density at radius 3 is 3.00 bits per heavy atom. The number of unbranched alkanes of at least 4 members (excludes halogenated alkanes) is 1. The van der Waals surface area contributed by atoms with Crippen molar-refractivity contribution in [1.29, 1.82) is 0 Å². The number of likely N-dealkylation sites (tertiary alicyclic amines) is 1. The molecule has 0 radical (unpaired) electrons. The van der Waals surface area contributed by atoms with Gasteiger partial charge >= 0.3 is 5.97 Å². The van der Waals surface area contributed by atoms with E-state index in [0.29, 0.717) is 12.5 Å². The summed E-state index contributed by atoms with van der Waals surface area (Å²) in [6, 6.07) is 7.10. The van der Waals surface area contributed by atoms with Crippen LogP contribution in [0.15, 0.2) is 24.3 Å². The molecule has 1 aliphatic heterocycles. The molecule has 1 N–H and O–H groups in total. The number of carbonyl (C=O) groups is 1. The molecular formula is C15H20FNO2. The minimum Gasteiger partial charge on any atom is -0.481 e. The molecule has 1 aromatic carbocycles. The highest BCUT2D eigenvalue weighted by Crippen LogP contribution is 2.32. The Bertz CT molecular complexity index is 436. The molecule has 1 aromatic rings. The first-order chi connectivity index (χ1) is 9.16. The van der Waals surface area contributed by atoms with Crippen molar-refractivity contribution < 1.29 is 14.3 Å². The van der Waals surface area contributed by atoms with Crippen molar-refractivity contribution in [1.82, 2.24) is 4.90 Å². The number of carboxylic acid groups (broad SMARTS) is 1. The van der Waals surface area contributed by atoms with Crippen LogP contribution in [-0.4, -0.2) is 29.1 Å². The molecule has 0 aromatic heterocycles. The fraction of sp³-hybridized carbons (Fsp3) is 0.533. The van der Waals surface area contributed by atoms with E-state index in [9.17, 15) is 9.18 Å². The predicted molar refractivity (Wildman–Crippen MR) is 71.4 cm³/mol. The summed E-state index contributed by atoms with van der Waals surface area (Å²) in [6.07, 6.45) is 4.01. The maximum atomic E-state index is 13.3. The van der Waals surface area contributed by atoms with Gasteiger partial charge in [0, 0.05) is 12.5 Å². The smallest absolute Gasteiger partial charge is 0.303 e. The van der Waals surface area contributed by atoms with Gasteiger partial charge in [0.05, 0.1) is 0 Å². The average molecular weight is 265 g/mol. The van der Waals surface area contributed by atoms with Crippen LogP contribution in [0.1, 0.15) is 43.7 Å². The Morgan fingerprint density at radius 2 is 2.26 bits per heavy atom. The van der Waals surface area contributed by atoms with E-state index in [1.54, 1.807) is 12.1 Å². The lowest BCUT2D eigenvalue weighted by Crippen LogP contribution is -2.24. The molecule has 1 atom stereocenters. The summed E-state index contributed by atoms with van der Waals surface area (Å²) in [6.45, 7) is 1.92. The number of nitrogens with zero attached hydrogens (tertiary/aromatic N) is 1. The van der Waals surface area contributed by atoms with E-state index in [-0.39, 0.29) is 12.2 Å². The third kappa shape index (κ3) is 4.03. The molecule has 2 rings (SSSR count). The summed E-state index contributed by atoms with van der Waals surface area (Å²) in [5.41, 5.74) is 1.04. The van der Waals surface area contributed by atoms with Crippen molar-refractivity contribution in [2.24, 2.45) is 0 Å². The second-order valence-corrected chi connectivity index (χ2v) is 5.10. The topological polar surface area (TPSA) is 40.5 Å². The van der Waals surface area contributed by atoms with E-state index >= 15 is 0 Å². The summed E-state index contributed by atoms with van der Waals surface area (Å²) in [4.78, 5) is 12.8. The zero-order valence-electron chi connectivity index (χ0n) is 11.0. The van der Waals surface area contributed by atoms with Crippen LogP contribution in [0.4, 0.5) is 4.39 Å². The van der Waals surface area contributed by atoms with E-state index < -0.39 is 5.97 Å². The molecule has 1 heterocycles. The van der Waals surface area contributed by atoms with Gasteiger partial charge in [-0.2, -0.15) is 0 Å². The first-order valence-corrected chi connectivity index (χ1v) is 6.88. The number of carboxylic acids is 1. The highest BCUT2D eigenvalue weighted by Gasteiger charge is 2.25. The van der Waals surface area contributed by atoms with Gasteiger partial charge in [0.2, 0.25) is 0 Å². The van der Waals surface area contributed by atoms with Crippen molar-refractivity contribution in [3.63, 3.8) is 0 Å². The lowest BCUT2D eigenvalue weighted by atomic mass is 10.0. The third-order valence-corrected chi connectivity index (χ3v) is 3.68. The summed E-state index contributed by atoms with van der Waals surface area (Å²) in [7, 11) is 0. The van der Waals surface area contributed by atoms with Gasteiger partial charge in [-0.3, -0.25) is 9.69 Å². The van der Waals surface area contributed by atoms with Crippen LogP contribution in [0, 0.1) is 5.82 Å². The number of halogens is 1. The molecule has 1 aliphatic rings. The van der Waals surface area contributed by atoms with Crippen LogP contribution < -0.4 is 0 Å². The molecule has 3 nitrogen and oxygen atoms in total. The van der Waals surface area contributed by atoms with Gasteiger partial charge in [0.25, 0.3) is 0 Å². The standard InChI is InChI=1S/C15H20FNO2/c16-13-6-3-5-12(11-13)14-7-4-10-17(14)9-2-1-8-15(18)19/h3,5-6,11,14H,1-2,4,7-10H2,(H,18,19)/t14-/m0/s1. The third-order valence-electron chi connectivity index (χ3n) is 3.68. The van der Waals surface area contributed by atoms with Gasteiger partial charge in [-0.15, -0.1) is 0 Å². The summed E-state index contributed by atoms with van der Waals surface area (Å²) in [5.74, 6) is -0.918. The van der Waals surface area contributed by atoms with E-state index in [1.807, 2.05) is 6.07 Å². The molecule has 0 saturated carbocycles. The fourth-order valence-electron chi connectivity index (χ4n) is 2.78. The van der Waals surface area contributed by atoms with Crippen LogP contribution in [0.2, 0.25) is 0 Å². The largest absolute Gasteiger partial charge is 0.481 e. The lowest BCUT2D eigenvalue weighted by molar-refractivity contribution is -0.137. The molecule has 104 valence electrons. The van der Waals surface area contributed by atoms with Gasteiger partial charge in [0.1, 0.15) is 5.82 Å². The van der Waals surface area contributed by atoms with Crippen LogP contribution in [0.3, 0.4) is 0 Å². The van der Waals surface area contributed by atoms with Gasteiger partial charge in [0.15, 0.2) is 0 Å². The Hall–Kier alpha value is -1.42. The summed E-state index contributed by atoms with van der Waals surface area (Å²) >= 11 is 0. The molecule has 1 saturated heterocycles. The van der Waals surface area contributed by atoms with E-state index in [0.717, 1.165) is 37.9 Å². The molecule has 1 fully saturated rings. The molecule has 0 unspecified atom stereocenters. The Kier molecular flexibility index (Phi) is 4.91. The van der Waals surface area contributed by atoms with Crippen LogP contribution in [0.25, 0.3) is 0 Å². The highest BCUT2D eigenvalue weighted by atomic mass is 19.1. The number of hydrogen-bond acceptors (Lipinski definition) is 2. The zero-order valence-corrected chi connectivity index (χ0v) is 11.0. The van der Waals surface area contributed by atoms with Crippen molar-refractivity contribution in [2.45, 2.75) is 38.1 Å². The van der Waals surface area contributed by atoms with Gasteiger partial charge in [-0.25, -0.2) is 4.39 Å². The summed E-state index contributed by atoms with van der Waals surface area (Å²) < 4.78 is 13.3. The monoisotopic (exact) mass is 265 g/mol.